The molecule has 0 saturated carbocycles. The number of amides is 1. The molecule has 0 aliphatic carbocycles. The first kappa shape index (κ1) is 17.2. The second-order valence-corrected chi connectivity index (χ2v) is 6.87. The van der Waals surface area contributed by atoms with E-state index in [1.54, 1.807) is 25.3 Å². The van der Waals surface area contributed by atoms with Gasteiger partial charge >= 0.3 is 0 Å². The van der Waals surface area contributed by atoms with Crippen LogP contribution in [0.3, 0.4) is 0 Å². The summed E-state index contributed by atoms with van der Waals surface area (Å²) >= 11 is 1.47. The molecule has 1 aromatic carbocycles. The van der Waals surface area contributed by atoms with Gasteiger partial charge in [0.05, 0.1) is 29.0 Å². The van der Waals surface area contributed by atoms with Gasteiger partial charge in [0.1, 0.15) is 10.8 Å². The number of nitrogens with zero attached hydrogens (tertiary/aromatic N) is 3. The van der Waals surface area contributed by atoms with Crippen molar-refractivity contribution in [3.05, 3.63) is 76.8 Å². The molecule has 0 saturated heterocycles. The van der Waals surface area contributed by atoms with Crippen molar-refractivity contribution in [2.45, 2.75) is 13.5 Å². The predicted octanol–water partition coefficient (Wildman–Crippen LogP) is 4.13. The number of hydrogen-bond acceptors (Lipinski definition) is 5. The number of pyridine rings is 2. The predicted molar refractivity (Wildman–Crippen MR) is 103 cm³/mol. The van der Waals surface area contributed by atoms with E-state index in [2.05, 4.69) is 20.3 Å². The molecule has 1 N–H and O–H groups in total. The standard InChI is InChI=1S/C20H15FN4OS/c1-12-8-16(15-9-13(21)5-6-17(15)24-12)19(26)23-10-14-11-27-20(25-14)18-4-2-3-7-22-18/h2-9,11H,10H2,1H3,(H,23,26). The molecule has 0 bridgehead atoms. The normalized spacial score (nSPS) is 10.9. The highest BCUT2D eigenvalue weighted by molar-refractivity contribution is 7.13. The molecule has 3 aromatic heterocycles. The molecule has 0 fully saturated rings. The van der Waals surface area contributed by atoms with E-state index in [1.165, 1.54) is 23.5 Å². The molecule has 134 valence electrons. The average Bonchev–Trinajstić information content (AvgIpc) is 3.15. The van der Waals surface area contributed by atoms with Crippen molar-refractivity contribution in [1.29, 1.82) is 0 Å². The van der Waals surface area contributed by atoms with Crippen LogP contribution in [0.15, 0.2) is 54.0 Å². The van der Waals surface area contributed by atoms with Crippen LogP contribution in [0.4, 0.5) is 4.39 Å². The average molecular weight is 378 g/mol. The van der Waals surface area contributed by atoms with Crippen molar-refractivity contribution in [3.63, 3.8) is 0 Å². The summed E-state index contributed by atoms with van der Waals surface area (Å²) in [4.78, 5) is 25.8. The monoisotopic (exact) mass is 378 g/mol. The van der Waals surface area contributed by atoms with E-state index in [0.717, 1.165) is 16.4 Å². The van der Waals surface area contributed by atoms with Gasteiger partial charge in [0, 0.05) is 22.7 Å². The van der Waals surface area contributed by atoms with E-state index in [9.17, 15) is 9.18 Å². The molecule has 0 aliphatic rings. The third-order valence-corrected chi connectivity index (χ3v) is 4.92. The molecule has 4 aromatic rings. The number of carbonyl (C=O) groups excluding carboxylic acids is 1. The second kappa shape index (κ2) is 7.20. The molecular weight excluding hydrogens is 363 g/mol. The van der Waals surface area contributed by atoms with E-state index in [1.807, 2.05) is 23.6 Å². The molecule has 7 heteroatoms. The lowest BCUT2D eigenvalue weighted by Gasteiger charge is -2.08. The summed E-state index contributed by atoms with van der Waals surface area (Å²) in [6, 6.07) is 11.6. The first-order valence-electron chi connectivity index (χ1n) is 8.31. The zero-order valence-corrected chi connectivity index (χ0v) is 15.3. The summed E-state index contributed by atoms with van der Waals surface area (Å²) in [7, 11) is 0. The molecule has 0 atom stereocenters. The van der Waals surface area contributed by atoms with Crippen molar-refractivity contribution in [2.24, 2.45) is 0 Å². The van der Waals surface area contributed by atoms with Gasteiger partial charge in [-0.3, -0.25) is 14.8 Å². The molecule has 3 heterocycles. The fraction of sp³-hybridized carbons (Fsp3) is 0.100. The Morgan fingerprint density at radius 2 is 2.07 bits per heavy atom. The maximum atomic E-state index is 13.6. The molecular formula is C20H15FN4OS. The Bertz CT molecular complexity index is 1130. The van der Waals surface area contributed by atoms with Gasteiger partial charge in [0.25, 0.3) is 5.91 Å². The van der Waals surface area contributed by atoms with Crippen LogP contribution in [-0.4, -0.2) is 20.9 Å². The van der Waals surface area contributed by atoms with Crippen LogP contribution in [0, 0.1) is 12.7 Å². The topological polar surface area (TPSA) is 67.8 Å². The van der Waals surface area contributed by atoms with Crippen LogP contribution < -0.4 is 5.32 Å². The van der Waals surface area contributed by atoms with E-state index in [4.69, 9.17) is 0 Å². The van der Waals surface area contributed by atoms with Crippen LogP contribution in [0.5, 0.6) is 0 Å². The number of halogens is 1. The van der Waals surface area contributed by atoms with E-state index >= 15 is 0 Å². The van der Waals surface area contributed by atoms with Crippen molar-refractivity contribution in [1.82, 2.24) is 20.3 Å². The smallest absolute Gasteiger partial charge is 0.252 e. The fourth-order valence-electron chi connectivity index (χ4n) is 2.78. The van der Waals surface area contributed by atoms with Crippen LogP contribution in [0.25, 0.3) is 21.6 Å². The minimum atomic E-state index is -0.401. The Labute approximate surface area is 158 Å². The van der Waals surface area contributed by atoms with Gasteiger partial charge < -0.3 is 5.32 Å². The molecule has 5 nitrogen and oxygen atoms in total. The van der Waals surface area contributed by atoms with Gasteiger partial charge in [-0.25, -0.2) is 9.37 Å². The molecule has 0 unspecified atom stereocenters. The molecule has 0 radical (unpaired) electrons. The number of rotatable bonds is 4. The molecule has 0 spiro atoms. The Morgan fingerprint density at radius 1 is 1.19 bits per heavy atom. The van der Waals surface area contributed by atoms with Crippen LogP contribution in [-0.2, 0) is 6.54 Å². The number of aromatic nitrogens is 3. The first-order chi connectivity index (χ1) is 13.1. The maximum Gasteiger partial charge on any atom is 0.252 e. The van der Waals surface area contributed by atoms with E-state index in [0.29, 0.717) is 22.2 Å². The third-order valence-electron chi connectivity index (χ3n) is 4.01. The SMILES string of the molecule is Cc1cc(C(=O)NCc2csc(-c3ccccn3)n2)c2cc(F)ccc2n1. The lowest BCUT2D eigenvalue weighted by atomic mass is 10.1. The number of benzene rings is 1. The summed E-state index contributed by atoms with van der Waals surface area (Å²) in [5.41, 5.74) is 3.23. The van der Waals surface area contributed by atoms with Gasteiger partial charge in [-0.1, -0.05) is 6.07 Å². The van der Waals surface area contributed by atoms with Crippen molar-refractivity contribution >= 4 is 28.1 Å². The molecule has 4 rings (SSSR count). The quantitative estimate of drug-likeness (QED) is 0.580. The Balaban J connectivity index is 1.54. The number of fused-ring (bicyclic) bond motifs is 1. The maximum absolute atomic E-state index is 13.6. The highest BCUT2D eigenvalue weighted by Crippen LogP contribution is 2.22. The summed E-state index contributed by atoms with van der Waals surface area (Å²) in [6.45, 7) is 2.08. The van der Waals surface area contributed by atoms with Gasteiger partial charge in [-0.15, -0.1) is 11.3 Å². The lowest BCUT2D eigenvalue weighted by Crippen LogP contribution is -2.23. The van der Waals surface area contributed by atoms with Crippen LogP contribution in [0.2, 0.25) is 0 Å². The van der Waals surface area contributed by atoms with Crippen molar-refractivity contribution in [3.8, 4) is 10.7 Å². The second-order valence-electron chi connectivity index (χ2n) is 6.01. The Hall–Kier alpha value is -3.19. The number of hydrogen-bond donors (Lipinski definition) is 1. The summed E-state index contributed by atoms with van der Waals surface area (Å²) < 4.78 is 13.6. The zero-order valence-electron chi connectivity index (χ0n) is 14.4. The van der Waals surface area contributed by atoms with E-state index in [-0.39, 0.29) is 12.5 Å². The lowest BCUT2D eigenvalue weighted by molar-refractivity contribution is 0.0952. The summed E-state index contributed by atoms with van der Waals surface area (Å²) in [5, 5.41) is 6.03. The molecule has 1 amide bonds. The zero-order chi connectivity index (χ0) is 18.8. The Kier molecular flexibility index (Phi) is 4.60. The highest BCUT2D eigenvalue weighted by Gasteiger charge is 2.14. The first-order valence-corrected chi connectivity index (χ1v) is 9.19. The minimum Gasteiger partial charge on any atom is -0.346 e. The number of thiazole rings is 1. The summed E-state index contributed by atoms with van der Waals surface area (Å²) in [6.07, 6.45) is 1.72. The third kappa shape index (κ3) is 3.68. The molecule has 0 aliphatic heterocycles. The fourth-order valence-corrected chi connectivity index (χ4v) is 3.57. The Morgan fingerprint density at radius 3 is 2.89 bits per heavy atom. The highest BCUT2D eigenvalue weighted by atomic mass is 32.1. The molecule has 27 heavy (non-hydrogen) atoms. The largest absolute Gasteiger partial charge is 0.346 e. The van der Waals surface area contributed by atoms with E-state index < -0.39 is 5.82 Å². The minimum absolute atomic E-state index is 0.278. The number of carbonyl (C=O) groups is 1. The van der Waals surface area contributed by atoms with Crippen molar-refractivity contribution in [2.75, 3.05) is 0 Å². The van der Waals surface area contributed by atoms with Gasteiger partial charge in [0.15, 0.2) is 0 Å². The van der Waals surface area contributed by atoms with Gasteiger partial charge in [0.2, 0.25) is 0 Å². The van der Waals surface area contributed by atoms with Crippen molar-refractivity contribution < 1.29 is 9.18 Å². The van der Waals surface area contributed by atoms with Crippen LogP contribution in [0.1, 0.15) is 21.7 Å². The van der Waals surface area contributed by atoms with Gasteiger partial charge in [-0.2, -0.15) is 0 Å². The number of nitrogens with one attached hydrogen (secondary N) is 1. The van der Waals surface area contributed by atoms with Gasteiger partial charge in [-0.05, 0) is 43.3 Å². The van der Waals surface area contributed by atoms with Crippen LogP contribution >= 0.6 is 11.3 Å². The number of aryl methyl sites for hydroxylation is 1. The summed E-state index contributed by atoms with van der Waals surface area (Å²) in [5.74, 6) is -0.690.